The average molecular weight is 320 g/mol. The zero-order chi connectivity index (χ0) is 15.5. The fourth-order valence-corrected chi connectivity index (χ4v) is 3.26. The molecular weight excluding hydrogens is 303 g/mol. The lowest BCUT2D eigenvalue weighted by Gasteiger charge is -2.34. The Morgan fingerprint density at radius 2 is 2.41 bits per heavy atom. The first-order valence-electron chi connectivity index (χ1n) is 7.17. The second-order valence-corrected chi connectivity index (χ2v) is 6.34. The number of aryl methyl sites for hydroxylation is 1. The molecule has 0 saturated carbocycles. The van der Waals surface area contributed by atoms with E-state index in [1.807, 2.05) is 12.3 Å². The van der Waals surface area contributed by atoms with Crippen LogP contribution in [0.4, 0.5) is 4.39 Å². The minimum absolute atomic E-state index is 0.0236. The van der Waals surface area contributed by atoms with Crippen LogP contribution >= 0.6 is 11.3 Å². The molecule has 2 aromatic rings. The summed E-state index contributed by atoms with van der Waals surface area (Å²) in [6.07, 6.45) is 0.192. The third kappa shape index (κ3) is 3.34. The lowest BCUT2D eigenvalue weighted by molar-refractivity contribution is -0.139. The summed E-state index contributed by atoms with van der Waals surface area (Å²) in [5.74, 6) is -0.344. The molecule has 1 aliphatic heterocycles. The maximum absolute atomic E-state index is 13.3. The Morgan fingerprint density at radius 1 is 1.55 bits per heavy atom. The molecular formula is C16H17FN2O2S. The number of ether oxygens (including phenoxy) is 1. The van der Waals surface area contributed by atoms with Crippen LogP contribution in [0.15, 0.2) is 29.6 Å². The third-order valence-electron chi connectivity index (χ3n) is 3.67. The number of carbonyl (C=O) groups excluding carboxylic acids is 1. The number of hydrogen-bond donors (Lipinski definition) is 0. The molecule has 116 valence electrons. The molecule has 1 amide bonds. The molecule has 6 heteroatoms. The smallest absolute Gasteiger partial charge is 0.227 e. The number of nitrogens with zero attached hydrogens (tertiary/aromatic N) is 2. The van der Waals surface area contributed by atoms with E-state index in [4.69, 9.17) is 4.74 Å². The first kappa shape index (κ1) is 15.1. The fraction of sp³-hybridized carbons (Fsp3) is 0.375. The molecule has 0 unspecified atom stereocenters. The molecule has 1 saturated heterocycles. The number of benzene rings is 1. The molecule has 0 radical (unpaired) electrons. The van der Waals surface area contributed by atoms with Crippen molar-refractivity contribution in [3.8, 4) is 0 Å². The van der Waals surface area contributed by atoms with Crippen LogP contribution in [0.25, 0.3) is 0 Å². The Balaban J connectivity index is 1.76. The molecule has 1 aliphatic rings. The van der Waals surface area contributed by atoms with E-state index in [9.17, 15) is 9.18 Å². The molecule has 1 atom stereocenters. The van der Waals surface area contributed by atoms with E-state index in [0.717, 1.165) is 10.7 Å². The minimum Gasteiger partial charge on any atom is -0.377 e. The third-order valence-corrected chi connectivity index (χ3v) is 4.46. The predicted molar refractivity (Wildman–Crippen MR) is 82.2 cm³/mol. The number of hydrogen-bond acceptors (Lipinski definition) is 4. The Bertz CT molecular complexity index is 674. The van der Waals surface area contributed by atoms with Gasteiger partial charge in [-0.3, -0.25) is 4.79 Å². The molecule has 22 heavy (non-hydrogen) atoms. The molecule has 2 heterocycles. The van der Waals surface area contributed by atoms with Gasteiger partial charge in [0.05, 0.1) is 36.4 Å². The van der Waals surface area contributed by atoms with Crippen LogP contribution in [0.2, 0.25) is 0 Å². The minimum atomic E-state index is -0.320. The van der Waals surface area contributed by atoms with E-state index in [0.29, 0.717) is 25.3 Å². The molecule has 0 aliphatic carbocycles. The van der Waals surface area contributed by atoms with Gasteiger partial charge in [-0.05, 0) is 24.6 Å². The fourth-order valence-electron chi connectivity index (χ4n) is 2.60. The van der Waals surface area contributed by atoms with Gasteiger partial charge in [0.1, 0.15) is 5.82 Å². The topological polar surface area (TPSA) is 42.4 Å². The van der Waals surface area contributed by atoms with Crippen molar-refractivity contribution in [1.29, 1.82) is 0 Å². The summed E-state index contributed by atoms with van der Waals surface area (Å²) in [6, 6.07) is 6.02. The van der Waals surface area contributed by atoms with E-state index < -0.39 is 0 Å². The van der Waals surface area contributed by atoms with Crippen molar-refractivity contribution < 1.29 is 13.9 Å². The monoisotopic (exact) mass is 320 g/mol. The van der Waals surface area contributed by atoms with Gasteiger partial charge in [0.15, 0.2) is 0 Å². The van der Waals surface area contributed by atoms with Crippen molar-refractivity contribution in [3.63, 3.8) is 0 Å². The largest absolute Gasteiger partial charge is 0.377 e. The van der Waals surface area contributed by atoms with Crippen molar-refractivity contribution in [2.75, 3.05) is 19.8 Å². The van der Waals surface area contributed by atoms with Crippen LogP contribution in [-0.2, 0) is 16.0 Å². The first-order valence-corrected chi connectivity index (χ1v) is 8.05. The molecule has 1 aromatic heterocycles. The molecule has 0 N–H and O–H groups in total. The van der Waals surface area contributed by atoms with Crippen LogP contribution in [0.1, 0.15) is 22.3 Å². The van der Waals surface area contributed by atoms with E-state index in [1.165, 1.54) is 12.1 Å². The summed E-state index contributed by atoms with van der Waals surface area (Å²) in [6.45, 7) is 3.46. The summed E-state index contributed by atoms with van der Waals surface area (Å²) in [5, 5.41) is 2.94. The SMILES string of the molecule is Cc1nc([C@H]2COCCN2C(=O)Cc2cccc(F)c2)cs1. The highest BCUT2D eigenvalue weighted by Gasteiger charge is 2.30. The van der Waals surface area contributed by atoms with Crippen molar-refractivity contribution >= 4 is 17.2 Å². The molecule has 1 aromatic carbocycles. The van der Waals surface area contributed by atoms with Gasteiger partial charge in [-0.1, -0.05) is 12.1 Å². The van der Waals surface area contributed by atoms with Crippen LogP contribution in [-0.4, -0.2) is 35.5 Å². The summed E-state index contributed by atoms with van der Waals surface area (Å²) < 4.78 is 18.8. The van der Waals surface area contributed by atoms with Gasteiger partial charge in [-0.2, -0.15) is 0 Å². The normalized spacial score (nSPS) is 18.5. The molecule has 3 rings (SSSR count). The van der Waals surface area contributed by atoms with E-state index in [-0.39, 0.29) is 24.2 Å². The zero-order valence-corrected chi connectivity index (χ0v) is 13.1. The number of rotatable bonds is 3. The molecule has 4 nitrogen and oxygen atoms in total. The average Bonchev–Trinajstić information content (AvgIpc) is 2.94. The second kappa shape index (κ2) is 6.54. The lowest BCUT2D eigenvalue weighted by Crippen LogP contribution is -2.44. The predicted octanol–water partition coefficient (Wildman–Crippen LogP) is 2.73. The number of aromatic nitrogens is 1. The van der Waals surface area contributed by atoms with Crippen LogP contribution in [0.3, 0.4) is 0 Å². The quantitative estimate of drug-likeness (QED) is 0.873. The summed E-state index contributed by atoms with van der Waals surface area (Å²) in [7, 11) is 0. The number of thiazole rings is 1. The highest BCUT2D eigenvalue weighted by atomic mass is 32.1. The highest BCUT2D eigenvalue weighted by Crippen LogP contribution is 2.26. The maximum atomic E-state index is 13.3. The number of amides is 1. The van der Waals surface area contributed by atoms with Crippen LogP contribution < -0.4 is 0 Å². The Kier molecular flexibility index (Phi) is 4.49. The van der Waals surface area contributed by atoms with Crippen molar-refractivity contribution in [1.82, 2.24) is 9.88 Å². The Hall–Kier alpha value is -1.79. The highest BCUT2D eigenvalue weighted by molar-refractivity contribution is 7.09. The zero-order valence-electron chi connectivity index (χ0n) is 12.3. The van der Waals surface area contributed by atoms with Gasteiger partial charge >= 0.3 is 0 Å². The van der Waals surface area contributed by atoms with Gasteiger partial charge in [-0.25, -0.2) is 9.37 Å². The first-order chi connectivity index (χ1) is 10.6. The van der Waals surface area contributed by atoms with Crippen molar-refractivity contribution in [3.05, 3.63) is 51.7 Å². The Morgan fingerprint density at radius 3 is 3.14 bits per heavy atom. The van der Waals surface area contributed by atoms with Crippen molar-refractivity contribution in [2.45, 2.75) is 19.4 Å². The van der Waals surface area contributed by atoms with Gasteiger partial charge in [0.2, 0.25) is 5.91 Å². The maximum Gasteiger partial charge on any atom is 0.227 e. The second-order valence-electron chi connectivity index (χ2n) is 5.28. The number of carbonyl (C=O) groups is 1. The summed E-state index contributed by atoms with van der Waals surface area (Å²) in [5.41, 5.74) is 1.56. The van der Waals surface area contributed by atoms with Crippen molar-refractivity contribution in [2.24, 2.45) is 0 Å². The number of halogens is 1. The van der Waals surface area contributed by atoms with Crippen LogP contribution in [0.5, 0.6) is 0 Å². The summed E-state index contributed by atoms with van der Waals surface area (Å²) >= 11 is 1.56. The van der Waals surface area contributed by atoms with Crippen LogP contribution in [0, 0.1) is 12.7 Å². The van der Waals surface area contributed by atoms with E-state index in [1.54, 1.807) is 28.4 Å². The van der Waals surface area contributed by atoms with Gasteiger partial charge in [0.25, 0.3) is 0 Å². The van der Waals surface area contributed by atoms with E-state index >= 15 is 0 Å². The lowest BCUT2D eigenvalue weighted by atomic mass is 10.1. The number of morpholine rings is 1. The molecule has 0 bridgehead atoms. The molecule has 0 spiro atoms. The standard InChI is InChI=1S/C16H17FN2O2S/c1-11-18-14(10-22-11)15-9-21-6-5-19(15)16(20)8-12-3-2-4-13(17)7-12/h2-4,7,10,15H,5-6,8-9H2,1H3/t15-/m1/s1. The van der Waals surface area contributed by atoms with Gasteiger partial charge in [0, 0.05) is 11.9 Å². The Labute approximate surface area is 132 Å². The van der Waals surface area contributed by atoms with Gasteiger partial charge in [-0.15, -0.1) is 11.3 Å². The summed E-state index contributed by atoms with van der Waals surface area (Å²) in [4.78, 5) is 18.9. The molecule has 1 fully saturated rings. The van der Waals surface area contributed by atoms with E-state index in [2.05, 4.69) is 4.98 Å². The van der Waals surface area contributed by atoms with Gasteiger partial charge < -0.3 is 9.64 Å².